The van der Waals surface area contributed by atoms with Crippen LogP contribution in [0.25, 0.3) is 0 Å². The Bertz CT molecular complexity index is 1450. The van der Waals surface area contributed by atoms with Crippen LogP contribution < -0.4 is 14.4 Å². The molecule has 1 atom stereocenters. The number of hydrogen-bond donors (Lipinski definition) is 1. The first-order valence-electron chi connectivity index (χ1n) is 13.4. The molecule has 220 valence electrons. The van der Waals surface area contributed by atoms with Crippen LogP contribution >= 0.6 is 0 Å². The van der Waals surface area contributed by atoms with Crippen LogP contribution in [0.4, 0.5) is 10.1 Å². The maximum Gasteiger partial charge on any atom is 0.264 e. The third kappa shape index (κ3) is 8.29. The number of ether oxygens (including phenoxy) is 1. The van der Waals surface area contributed by atoms with Gasteiger partial charge in [-0.25, -0.2) is 12.8 Å². The van der Waals surface area contributed by atoms with E-state index in [1.54, 1.807) is 42.5 Å². The van der Waals surface area contributed by atoms with E-state index >= 15 is 0 Å². The van der Waals surface area contributed by atoms with Crippen molar-refractivity contribution in [3.8, 4) is 5.75 Å². The van der Waals surface area contributed by atoms with Gasteiger partial charge in [-0.05, 0) is 84.0 Å². The summed E-state index contributed by atoms with van der Waals surface area (Å²) in [5.41, 5.74) is 0.804. The van der Waals surface area contributed by atoms with Gasteiger partial charge in [0.05, 0.1) is 17.2 Å². The first-order chi connectivity index (χ1) is 19.2. The van der Waals surface area contributed by atoms with Gasteiger partial charge in [0.2, 0.25) is 11.8 Å². The summed E-state index contributed by atoms with van der Waals surface area (Å²) in [5, 5.41) is 2.85. The summed E-state index contributed by atoms with van der Waals surface area (Å²) in [5.74, 6) is -1.14. The predicted molar refractivity (Wildman–Crippen MR) is 158 cm³/mol. The van der Waals surface area contributed by atoms with Crippen LogP contribution in [0.2, 0.25) is 0 Å². The van der Waals surface area contributed by atoms with Crippen LogP contribution in [-0.4, -0.2) is 49.9 Å². The Balaban J connectivity index is 2.04. The van der Waals surface area contributed by atoms with Crippen LogP contribution in [0.3, 0.4) is 0 Å². The number of benzene rings is 3. The van der Waals surface area contributed by atoms with Gasteiger partial charge in [0.1, 0.15) is 24.2 Å². The molecule has 3 aromatic rings. The fourth-order valence-electron chi connectivity index (χ4n) is 4.11. The number of rotatable bonds is 11. The number of nitrogens with one attached hydrogen (secondary N) is 1. The second-order valence-electron chi connectivity index (χ2n) is 10.8. The van der Waals surface area contributed by atoms with Crippen molar-refractivity contribution in [2.75, 3.05) is 17.5 Å². The zero-order chi connectivity index (χ0) is 30.4. The SMILES string of the molecule is CCOc1ccc(S(=O)(=O)N(CC(=O)N(Cc2ccccc2F)[C@H](C)C(=O)NC(C)(C)C)c2ccc(C)cc2)cc1. The van der Waals surface area contributed by atoms with E-state index in [0.29, 0.717) is 12.4 Å². The van der Waals surface area contributed by atoms with Crippen molar-refractivity contribution in [2.45, 2.75) is 64.6 Å². The quantitative estimate of drug-likeness (QED) is 0.341. The molecule has 8 nitrogen and oxygen atoms in total. The highest BCUT2D eigenvalue weighted by Gasteiger charge is 2.33. The average Bonchev–Trinajstić information content (AvgIpc) is 2.91. The smallest absolute Gasteiger partial charge is 0.264 e. The number of anilines is 1. The fourth-order valence-corrected chi connectivity index (χ4v) is 5.52. The molecule has 0 heterocycles. The van der Waals surface area contributed by atoms with Crippen LogP contribution in [-0.2, 0) is 26.2 Å². The molecule has 2 amide bonds. The number of carbonyl (C=O) groups is 2. The van der Waals surface area contributed by atoms with Crippen LogP contribution in [0.15, 0.2) is 77.7 Å². The molecule has 0 spiro atoms. The zero-order valence-corrected chi connectivity index (χ0v) is 25.2. The molecule has 0 saturated carbocycles. The molecule has 0 aliphatic heterocycles. The monoisotopic (exact) mass is 583 g/mol. The highest BCUT2D eigenvalue weighted by Crippen LogP contribution is 2.26. The molecule has 0 aliphatic carbocycles. The highest BCUT2D eigenvalue weighted by atomic mass is 32.2. The summed E-state index contributed by atoms with van der Waals surface area (Å²) in [4.78, 5) is 28.2. The topological polar surface area (TPSA) is 96.0 Å². The number of amides is 2. The van der Waals surface area contributed by atoms with Gasteiger partial charge < -0.3 is 15.0 Å². The van der Waals surface area contributed by atoms with Gasteiger partial charge in [0.25, 0.3) is 10.0 Å². The Labute approximate surface area is 242 Å². The van der Waals surface area contributed by atoms with E-state index in [2.05, 4.69) is 5.32 Å². The Morgan fingerprint density at radius 2 is 1.59 bits per heavy atom. The first kappa shape index (κ1) is 31.6. The van der Waals surface area contributed by atoms with E-state index in [-0.39, 0.29) is 22.7 Å². The van der Waals surface area contributed by atoms with E-state index < -0.39 is 45.8 Å². The number of carbonyl (C=O) groups excluding carboxylic acids is 2. The van der Waals surface area contributed by atoms with Crippen molar-refractivity contribution in [1.29, 1.82) is 0 Å². The Morgan fingerprint density at radius 1 is 0.976 bits per heavy atom. The van der Waals surface area contributed by atoms with Crippen molar-refractivity contribution < 1.29 is 27.1 Å². The predicted octanol–water partition coefficient (Wildman–Crippen LogP) is 5.06. The highest BCUT2D eigenvalue weighted by molar-refractivity contribution is 7.92. The van der Waals surface area contributed by atoms with Gasteiger partial charge >= 0.3 is 0 Å². The minimum Gasteiger partial charge on any atom is -0.494 e. The van der Waals surface area contributed by atoms with Crippen molar-refractivity contribution in [3.05, 3.63) is 89.7 Å². The molecule has 1 N–H and O–H groups in total. The van der Waals surface area contributed by atoms with E-state index in [4.69, 9.17) is 4.74 Å². The van der Waals surface area contributed by atoms with Crippen molar-refractivity contribution in [1.82, 2.24) is 10.2 Å². The van der Waals surface area contributed by atoms with Gasteiger partial charge in [-0.1, -0.05) is 35.9 Å². The second-order valence-corrected chi connectivity index (χ2v) is 12.6. The number of sulfonamides is 1. The van der Waals surface area contributed by atoms with Crippen molar-refractivity contribution in [3.63, 3.8) is 0 Å². The lowest BCUT2D eigenvalue weighted by molar-refractivity contribution is -0.140. The van der Waals surface area contributed by atoms with Gasteiger partial charge in [-0.3, -0.25) is 13.9 Å². The van der Waals surface area contributed by atoms with Gasteiger partial charge in [-0.2, -0.15) is 0 Å². The summed E-state index contributed by atoms with van der Waals surface area (Å²) in [6.45, 7) is 10.2. The number of nitrogens with zero attached hydrogens (tertiary/aromatic N) is 2. The zero-order valence-electron chi connectivity index (χ0n) is 24.3. The van der Waals surface area contributed by atoms with E-state index in [9.17, 15) is 22.4 Å². The molecular weight excluding hydrogens is 545 g/mol. The molecule has 0 radical (unpaired) electrons. The molecule has 0 bridgehead atoms. The van der Waals surface area contributed by atoms with E-state index in [1.165, 1.54) is 42.2 Å². The summed E-state index contributed by atoms with van der Waals surface area (Å²) < 4.78 is 49.0. The van der Waals surface area contributed by atoms with Crippen LogP contribution in [0, 0.1) is 12.7 Å². The lowest BCUT2D eigenvalue weighted by Gasteiger charge is -2.33. The molecule has 3 aromatic carbocycles. The lowest BCUT2D eigenvalue weighted by Crippen LogP contribution is -2.54. The molecule has 0 aliphatic rings. The van der Waals surface area contributed by atoms with E-state index in [1.807, 2.05) is 34.6 Å². The minimum atomic E-state index is -4.23. The molecule has 0 aromatic heterocycles. The van der Waals surface area contributed by atoms with Crippen molar-refractivity contribution in [2.24, 2.45) is 0 Å². The largest absolute Gasteiger partial charge is 0.494 e. The maximum atomic E-state index is 14.7. The third-order valence-electron chi connectivity index (χ3n) is 6.29. The Morgan fingerprint density at radius 3 is 2.15 bits per heavy atom. The third-order valence-corrected chi connectivity index (χ3v) is 8.08. The molecule has 41 heavy (non-hydrogen) atoms. The molecule has 0 fully saturated rings. The molecule has 0 saturated heterocycles. The van der Waals surface area contributed by atoms with Crippen LogP contribution in [0.5, 0.6) is 5.75 Å². The normalized spacial score (nSPS) is 12.4. The van der Waals surface area contributed by atoms with Gasteiger partial charge in [0, 0.05) is 17.6 Å². The molecule has 3 rings (SSSR count). The summed E-state index contributed by atoms with van der Waals surface area (Å²) >= 11 is 0. The lowest BCUT2D eigenvalue weighted by atomic mass is 10.1. The Kier molecular flexibility index (Phi) is 10.1. The summed E-state index contributed by atoms with van der Waals surface area (Å²) in [7, 11) is -4.23. The first-order valence-corrected chi connectivity index (χ1v) is 14.8. The summed E-state index contributed by atoms with van der Waals surface area (Å²) in [6.07, 6.45) is 0. The van der Waals surface area contributed by atoms with E-state index in [0.717, 1.165) is 9.87 Å². The standard InChI is InChI=1S/C31H38FN3O5S/c1-7-40-26-16-18-27(19-17-26)41(38,39)35(25-14-12-22(2)13-15-25)21-29(36)34(20-24-10-8-9-11-28(24)32)23(3)30(37)33-31(4,5)6/h8-19,23H,7,20-21H2,1-6H3,(H,33,37)/t23-/m1/s1. The molecule has 10 heteroatoms. The van der Waals surface area contributed by atoms with Crippen molar-refractivity contribution >= 4 is 27.5 Å². The van der Waals surface area contributed by atoms with Gasteiger partial charge in [0.15, 0.2) is 0 Å². The van der Waals surface area contributed by atoms with Gasteiger partial charge in [-0.15, -0.1) is 0 Å². The Hall–Kier alpha value is -3.92. The molecule has 0 unspecified atom stereocenters. The van der Waals surface area contributed by atoms with Crippen LogP contribution in [0.1, 0.15) is 45.7 Å². The average molecular weight is 584 g/mol. The number of halogens is 1. The second kappa shape index (κ2) is 13.2. The maximum absolute atomic E-state index is 14.7. The molecular formula is C31H38FN3O5S. The number of hydrogen-bond acceptors (Lipinski definition) is 5. The minimum absolute atomic E-state index is 0.0338. The fraction of sp³-hybridized carbons (Fsp3) is 0.355. The number of aryl methyl sites for hydroxylation is 1. The summed E-state index contributed by atoms with van der Waals surface area (Å²) in [6, 6.07) is 17.6.